The van der Waals surface area contributed by atoms with Gasteiger partial charge in [-0.25, -0.2) is 0 Å². The van der Waals surface area contributed by atoms with E-state index in [0.717, 1.165) is 24.1 Å². The lowest BCUT2D eigenvalue weighted by molar-refractivity contribution is 0.180. The predicted molar refractivity (Wildman–Crippen MR) is 88.8 cm³/mol. The Morgan fingerprint density at radius 3 is 2.47 bits per heavy atom. The molecule has 2 N–H and O–H groups in total. The Bertz CT molecular complexity index is 365. The van der Waals surface area contributed by atoms with Crippen LogP contribution >= 0.6 is 27.3 Å². The third-order valence-corrected chi connectivity index (χ3v) is 4.99. The van der Waals surface area contributed by atoms with Gasteiger partial charge in [0.25, 0.3) is 0 Å². The average Bonchev–Trinajstić information content (AvgIpc) is 2.73. The van der Waals surface area contributed by atoms with E-state index in [2.05, 4.69) is 65.1 Å². The number of hydrogen-bond donors (Lipinski definition) is 1. The Morgan fingerprint density at radius 1 is 1.37 bits per heavy atom. The van der Waals surface area contributed by atoms with Crippen molar-refractivity contribution < 1.29 is 0 Å². The monoisotopic (exact) mass is 347 g/mol. The zero-order valence-electron chi connectivity index (χ0n) is 12.4. The number of halogens is 1. The summed E-state index contributed by atoms with van der Waals surface area (Å²) in [4.78, 5) is 6.08. The zero-order chi connectivity index (χ0) is 14.4. The molecule has 0 aromatic carbocycles. The summed E-state index contributed by atoms with van der Waals surface area (Å²) in [6.07, 6.45) is 1.18. The standard InChI is InChI=1S/C14H26BrN3S/c1-5-18(8-6-7-17(3)4)14(11(2)16)13-9-12(15)10-19-13/h9-11,14H,5-8,16H2,1-4H3. The SMILES string of the molecule is CCN(CCCN(C)C)C(c1cc(Br)cs1)C(C)N. The first-order chi connectivity index (χ1) is 8.95. The molecular formula is C14H26BrN3S. The molecule has 0 radical (unpaired) electrons. The van der Waals surface area contributed by atoms with E-state index in [1.165, 1.54) is 11.3 Å². The highest BCUT2D eigenvalue weighted by Gasteiger charge is 2.24. The average molecular weight is 348 g/mol. The molecule has 1 aromatic heterocycles. The van der Waals surface area contributed by atoms with E-state index in [4.69, 9.17) is 5.73 Å². The smallest absolute Gasteiger partial charge is 0.0591 e. The van der Waals surface area contributed by atoms with E-state index in [9.17, 15) is 0 Å². The van der Waals surface area contributed by atoms with Gasteiger partial charge in [-0.2, -0.15) is 0 Å². The number of nitrogens with two attached hydrogens (primary N) is 1. The highest BCUT2D eigenvalue weighted by Crippen LogP contribution is 2.31. The van der Waals surface area contributed by atoms with E-state index >= 15 is 0 Å². The van der Waals surface area contributed by atoms with Gasteiger partial charge < -0.3 is 10.6 Å². The number of nitrogens with zero attached hydrogens (tertiary/aromatic N) is 2. The number of likely N-dealkylation sites (N-methyl/N-ethyl adjacent to an activating group) is 1. The maximum atomic E-state index is 6.23. The minimum Gasteiger partial charge on any atom is -0.326 e. The van der Waals surface area contributed by atoms with Crippen LogP contribution in [0.5, 0.6) is 0 Å². The molecule has 110 valence electrons. The van der Waals surface area contributed by atoms with Gasteiger partial charge in [0.05, 0.1) is 6.04 Å². The first kappa shape index (κ1) is 17.1. The van der Waals surface area contributed by atoms with Crippen molar-refractivity contribution in [3.8, 4) is 0 Å². The topological polar surface area (TPSA) is 32.5 Å². The van der Waals surface area contributed by atoms with Gasteiger partial charge in [0, 0.05) is 27.3 Å². The summed E-state index contributed by atoms with van der Waals surface area (Å²) in [6.45, 7) is 7.57. The van der Waals surface area contributed by atoms with Crippen LogP contribution in [0.15, 0.2) is 15.9 Å². The van der Waals surface area contributed by atoms with Crippen molar-refractivity contribution in [2.45, 2.75) is 32.4 Å². The minimum atomic E-state index is 0.143. The fourth-order valence-electron chi connectivity index (χ4n) is 2.34. The van der Waals surface area contributed by atoms with Crippen LogP contribution in [0.2, 0.25) is 0 Å². The molecule has 1 aromatic rings. The second-order valence-electron chi connectivity index (χ2n) is 5.26. The predicted octanol–water partition coefficient (Wildman–Crippen LogP) is 3.17. The second-order valence-corrected chi connectivity index (χ2v) is 7.12. The first-order valence-corrected chi connectivity index (χ1v) is 8.51. The van der Waals surface area contributed by atoms with Gasteiger partial charge in [-0.05, 0) is 62.5 Å². The molecular weight excluding hydrogens is 322 g/mol. The van der Waals surface area contributed by atoms with E-state index in [-0.39, 0.29) is 6.04 Å². The summed E-state index contributed by atoms with van der Waals surface area (Å²) >= 11 is 5.33. The van der Waals surface area contributed by atoms with Crippen LogP contribution in [0.25, 0.3) is 0 Å². The van der Waals surface area contributed by atoms with Gasteiger partial charge in [-0.3, -0.25) is 4.90 Å². The molecule has 0 saturated heterocycles. The number of hydrogen-bond acceptors (Lipinski definition) is 4. The summed E-state index contributed by atoms with van der Waals surface area (Å²) in [5.41, 5.74) is 6.23. The summed E-state index contributed by atoms with van der Waals surface area (Å²) in [5.74, 6) is 0. The van der Waals surface area contributed by atoms with Gasteiger partial charge >= 0.3 is 0 Å². The number of rotatable bonds is 8. The summed E-state index contributed by atoms with van der Waals surface area (Å²) in [7, 11) is 4.24. The highest BCUT2D eigenvalue weighted by atomic mass is 79.9. The van der Waals surface area contributed by atoms with Crippen molar-refractivity contribution in [1.29, 1.82) is 0 Å². The second kappa shape index (κ2) is 8.37. The molecule has 0 spiro atoms. The molecule has 1 heterocycles. The third kappa shape index (κ3) is 5.52. The Kier molecular flexibility index (Phi) is 7.54. The van der Waals surface area contributed by atoms with Crippen molar-refractivity contribution in [2.75, 3.05) is 33.7 Å². The molecule has 0 aliphatic carbocycles. The molecule has 2 unspecified atom stereocenters. The normalized spacial score (nSPS) is 15.2. The molecule has 0 aliphatic heterocycles. The molecule has 19 heavy (non-hydrogen) atoms. The van der Waals surface area contributed by atoms with Gasteiger partial charge in [0.2, 0.25) is 0 Å². The van der Waals surface area contributed by atoms with Crippen molar-refractivity contribution in [3.05, 3.63) is 20.8 Å². The molecule has 0 bridgehead atoms. The van der Waals surface area contributed by atoms with Crippen LogP contribution in [0.1, 0.15) is 31.2 Å². The maximum absolute atomic E-state index is 6.23. The van der Waals surface area contributed by atoms with E-state index in [0.29, 0.717) is 6.04 Å². The molecule has 0 aliphatic rings. The van der Waals surface area contributed by atoms with Crippen LogP contribution in [0.4, 0.5) is 0 Å². The minimum absolute atomic E-state index is 0.143. The summed E-state index contributed by atoms with van der Waals surface area (Å²) < 4.78 is 1.16. The van der Waals surface area contributed by atoms with Crippen LogP contribution in [0, 0.1) is 0 Å². The number of thiophene rings is 1. The third-order valence-electron chi connectivity index (χ3n) is 3.23. The van der Waals surface area contributed by atoms with E-state index in [1.54, 1.807) is 11.3 Å². The molecule has 0 amide bonds. The van der Waals surface area contributed by atoms with E-state index < -0.39 is 0 Å². The molecule has 1 rings (SSSR count). The Labute approximate surface area is 129 Å². The van der Waals surface area contributed by atoms with Crippen LogP contribution in [0.3, 0.4) is 0 Å². The van der Waals surface area contributed by atoms with Crippen molar-refractivity contribution in [1.82, 2.24) is 9.80 Å². The van der Waals surface area contributed by atoms with Crippen molar-refractivity contribution in [3.63, 3.8) is 0 Å². The van der Waals surface area contributed by atoms with Gasteiger partial charge in [0.15, 0.2) is 0 Å². The Morgan fingerprint density at radius 2 is 2.05 bits per heavy atom. The molecule has 0 fully saturated rings. The molecule has 3 nitrogen and oxygen atoms in total. The lowest BCUT2D eigenvalue weighted by Gasteiger charge is -2.33. The van der Waals surface area contributed by atoms with Crippen molar-refractivity contribution >= 4 is 27.3 Å². The highest BCUT2D eigenvalue weighted by molar-refractivity contribution is 9.10. The quantitative estimate of drug-likeness (QED) is 0.783. The lowest BCUT2D eigenvalue weighted by atomic mass is 10.1. The largest absolute Gasteiger partial charge is 0.326 e. The van der Waals surface area contributed by atoms with E-state index in [1.807, 2.05) is 0 Å². The molecule has 0 saturated carbocycles. The van der Waals surface area contributed by atoms with Crippen molar-refractivity contribution in [2.24, 2.45) is 5.73 Å². The van der Waals surface area contributed by atoms with Gasteiger partial charge in [0.1, 0.15) is 0 Å². The van der Waals surface area contributed by atoms with Crippen LogP contribution in [-0.4, -0.2) is 49.6 Å². The van der Waals surface area contributed by atoms with Crippen LogP contribution in [-0.2, 0) is 0 Å². The lowest BCUT2D eigenvalue weighted by Crippen LogP contribution is -2.40. The molecule has 5 heteroatoms. The summed E-state index contributed by atoms with van der Waals surface area (Å²) in [5, 5.41) is 2.14. The zero-order valence-corrected chi connectivity index (χ0v) is 14.8. The fraction of sp³-hybridized carbons (Fsp3) is 0.714. The van der Waals surface area contributed by atoms with Gasteiger partial charge in [-0.15, -0.1) is 11.3 Å². The Balaban J connectivity index is 2.72. The fourth-order valence-corrected chi connectivity index (χ4v) is 4.03. The van der Waals surface area contributed by atoms with Crippen LogP contribution < -0.4 is 5.73 Å². The summed E-state index contributed by atoms with van der Waals surface area (Å²) in [6, 6.07) is 2.67. The van der Waals surface area contributed by atoms with Gasteiger partial charge in [-0.1, -0.05) is 6.92 Å². The maximum Gasteiger partial charge on any atom is 0.0591 e. The first-order valence-electron chi connectivity index (χ1n) is 6.84. The Hall–Kier alpha value is 0.0600. The molecule has 2 atom stereocenters.